The highest BCUT2D eigenvalue weighted by Crippen LogP contribution is 2.43. The Morgan fingerprint density at radius 2 is 2.04 bits per heavy atom. The summed E-state index contributed by atoms with van der Waals surface area (Å²) in [4.78, 5) is 15.9. The summed E-state index contributed by atoms with van der Waals surface area (Å²) in [6.45, 7) is 4.96. The van der Waals surface area contributed by atoms with E-state index in [-0.39, 0.29) is 0 Å². The zero-order chi connectivity index (χ0) is 18.7. The van der Waals surface area contributed by atoms with Gasteiger partial charge in [0.1, 0.15) is 11.6 Å². The topological polar surface area (TPSA) is 58.3 Å². The molecule has 0 atom stereocenters. The van der Waals surface area contributed by atoms with Crippen molar-refractivity contribution in [1.29, 1.82) is 0 Å². The van der Waals surface area contributed by atoms with Crippen molar-refractivity contribution in [3.8, 4) is 5.82 Å². The summed E-state index contributed by atoms with van der Waals surface area (Å²) in [5.41, 5.74) is 1.68. The Balaban J connectivity index is 1.45. The molecule has 1 saturated heterocycles. The monoisotopic (exact) mass is 366 g/mol. The molecule has 0 aromatic carbocycles. The minimum absolute atomic E-state index is 0.531. The molecule has 6 heteroatoms. The van der Waals surface area contributed by atoms with Crippen LogP contribution in [0.15, 0.2) is 35.7 Å². The number of aryl methyl sites for hydroxylation is 1. The molecule has 0 unspecified atom stereocenters. The smallest absolute Gasteiger partial charge is 0.193 e. The van der Waals surface area contributed by atoms with Crippen molar-refractivity contribution in [2.24, 2.45) is 10.4 Å². The molecule has 2 aliphatic rings. The van der Waals surface area contributed by atoms with Crippen molar-refractivity contribution in [1.82, 2.24) is 24.8 Å². The second kappa shape index (κ2) is 7.71. The van der Waals surface area contributed by atoms with Crippen molar-refractivity contribution in [2.75, 3.05) is 20.1 Å². The third-order valence-corrected chi connectivity index (χ3v) is 6.22. The number of nitrogens with zero attached hydrogens (tertiary/aromatic N) is 5. The molecule has 3 heterocycles. The van der Waals surface area contributed by atoms with Gasteiger partial charge < -0.3 is 10.2 Å². The summed E-state index contributed by atoms with van der Waals surface area (Å²) in [6.07, 6.45) is 13.9. The fraction of sp³-hybridized carbons (Fsp3) is 0.571. The van der Waals surface area contributed by atoms with Gasteiger partial charge in [0.05, 0.1) is 0 Å². The summed E-state index contributed by atoms with van der Waals surface area (Å²) >= 11 is 0. The van der Waals surface area contributed by atoms with E-state index in [1.54, 1.807) is 0 Å². The highest BCUT2D eigenvalue weighted by Gasteiger charge is 2.39. The second-order valence-electron chi connectivity index (χ2n) is 7.96. The molecule has 0 bridgehead atoms. The third-order valence-electron chi connectivity index (χ3n) is 6.22. The van der Waals surface area contributed by atoms with Crippen LogP contribution in [-0.2, 0) is 6.54 Å². The Bertz CT molecular complexity index is 803. The molecule has 1 spiro atoms. The van der Waals surface area contributed by atoms with Crippen molar-refractivity contribution in [2.45, 2.75) is 52.0 Å². The highest BCUT2D eigenvalue weighted by molar-refractivity contribution is 5.80. The average Bonchev–Trinajstić information content (AvgIpc) is 3.30. The van der Waals surface area contributed by atoms with E-state index in [1.165, 1.54) is 38.5 Å². The van der Waals surface area contributed by atoms with Crippen LogP contribution in [0.2, 0.25) is 0 Å². The Hall–Kier alpha value is -2.37. The second-order valence-corrected chi connectivity index (χ2v) is 7.96. The third kappa shape index (κ3) is 3.70. The van der Waals surface area contributed by atoms with Crippen molar-refractivity contribution < 1.29 is 0 Å². The van der Waals surface area contributed by atoms with E-state index in [0.29, 0.717) is 12.0 Å². The highest BCUT2D eigenvalue weighted by atomic mass is 15.3. The largest absolute Gasteiger partial charge is 0.352 e. The lowest BCUT2D eigenvalue weighted by atomic mass is 9.73. The normalized spacial score (nSPS) is 19.6. The van der Waals surface area contributed by atoms with E-state index in [1.807, 2.05) is 43.2 Å². The van der Waals surface area contributed by atoms with Crippen molar-refractivity contribution in [3.63, 3.8) is 0 Å². The summed E-state index contributed by atoms with van der Waals surface area (Å²) < 4.78 is 2.03. The predicted octanol–water partition coefficient (Wildman–Crippen LogP) is 3.31. The maximum absolute atomic E-state index is 4.58. The molecule has 1 aliphatic heterocycles. The molecule has 4 rings (SSSR count). The van der Waals surface area contributed by atoms with Gasteiger partial charge in [0.25, 0.3) is 0 Å². The van der Waals surface area contributed by atoms with Gasteiger partial charge in [-0.3, -0.25) is 9.56 Å². The molecular weight excluding hydrogens is 336 g/mol. The quantitative estimate of drug-likeness (QED) is 0.669. The zero-order valence-electron chi connectivity index (χ0n) is 16.5. The van der Waals surface area contributed by atoms with E-state index >= 15 is 0 Å². The van der Waals surface area contributed by atoms with Crippen LogP contribution in [0.25, 0.3) is 5.82 Å². The summed E-state index contributed by atoms with van der Waals surface area (Å²) in [6, 6.07) is 4.11. The van der Waals surface area contributed by atoms with Crippen LogP contribution >= 0.6 is 0 Å². The molecule has 2 aromatic rings. The predicted molar refractivity (Wildman–Crippen MR) is 108 cm³/mol. The van der Waals surface area contributed by atoms with Crippen LogP contribution < -0.4 is 5.32 Å². The molecule has 27 heavy (non-hydrogen) atoms. The molecule has 144 valence electrons. The number of rotatable bonds is 3. The van der Waals surface area contributed by atoms with Gasteiger partial charge in [0.2, 0.25) is 0 Å². The number of hydrogen-bond acceptors (Lipinski definition) is 3. The van der Waals surface area contributed by atoms with Gasteiger partial charge in [-0.2, -0.15) is 0 Å². The number of imidazole rings is 1. The average molecular weight is 367 g/mol. The molecular formula is C21H30N6. The molecule has 2 fully saturated rings. The molecule has 1 saturated carbocycles. The van der Waals surface area contributed by atoms with Crippen LogP contribution in [0, 0.1) is 12.3 Å². The molecule has 0 radical (unpaired) electrons. The van der Waals surface area contributed by atoms with E-state index in [9.17, 15) is 0 Å². The number of hydrogen-bond donors (Lipinski definition) is 1. The first-order chi connectivity index (χ1) is 13.2. The Morgan fingerprint density at radius 1 is 1.19 bits per heavy atom. The van der Waals surface area contributed by atoms with E-state index < -0.39 is 0 Å². The van der Waals surface area contributed by atoms with Crippen LogP contribution in [0.3, 0.4) is 0 Å². The van der Waals surface area contributed by atoms with Gasteiger partial charge in [0.15, 0.2) is 5.96 Å². The molecule has 1 N–H and O–H groups in total. The maximum Gasteiger partial charge on any atom is 0.193 e. The lowest BCUT2D eigenvalue weighted by Gasteiger charge is -2.33. The van der Waals surface area contributed by atoms with Gasteiger partial charge in [-0.05, 0) is 37.7 Å². The fourth-order valence-corrected chi connectivity index (χ4v) is 4.72. The number of aliphatic imine (C=N–C) groups is 1. The van der Waals surface area contributed by atoms with Crippen molar-refractivity contribution >= 4 is 5.96 Å². The van der Waals surface area contributed by atoms with E-state index in [4.69, 9.17) is 0 Å². The summed E-state index contributed by atoms with van der Waals surface area (Å²) in [5.74, 6) is 2.88. The SMILES string of the molecule is CN=C(NCc1cccnc1-n1ccnc1C)N1CCC2(CCCCC2)C1. The minimum atomic E-state index is 0.531. The molecule has 1 aliphatic carbocycles. The molecule has 2 aromatic heterocycles. The molecule has 6 nitrogen and oxygen atoms in total. The van der Waals surface area contributed by atoms with Crippen LogP contribution in [0.1, 0.15) is 49.9 Å². The minimum Gasteiger partial charge on any atom is -0.352 e. The number of guanidine groups is 1. The van der Waals surface area contributed by atoms with E-state index in [0.717, 1.165) is 36.3 Å². The van der Waals surface area contributed by atoms with Gasteiger partial charge in [0, 0.05) is 50.8 Å². The summed E-state index contributed by atoms with van der Waals surface area (Å²) in [5, 5.41) is 3.57. The number of pyridine rings is 1. The first-order valence-corrected chi connectivity index (χ1v) is 10.1. The maximum atomic E-state index is 4.58. The lowest BCUT2D eigenvalue weighted by Crippen LogP contribution is -2.41. The Kier molecular flexibility index (Phi) is 5.14. The van der Waals surface area contributed by atoms with Gasteiger partial charge in [-0.25, -0.2) is 9.97 Å². The van der Waals surface area contributed by atoms with Crippen LogP contribution in [0.4, 0.5) is 0 Å². The number of aromatic nitrogens is 3. The van der Waals surface area contributed by atoms with Gasteiger partial charge in [-0.1, -0.05) is 25.3 Å². The summed E-state index contributed by atoms with van der Waals surface area (Å²) in [7, 11) is 1.89. The Labute approximate surface area is 161 Å². The first kappa shape index (κ1) is 18.0. The van der Waals surface area contributed by atoms with Gasteiger partial charge in [-0.15, -0.1) is 0 Å². The van der Waals surface area contributed by atoms with Crippen molar-refractivity contribution in [3.05, 3.63) is 42.1 Å². The lowest BCUT2D eigenvalue weighted by molar-refractivity contribution is 0.203. The Morgan fingerprint density at radius 3 is 2.78 bits per heavy atom. The molecule has 0 amide bonds. The number of nitrogens with one attached hydrogen (secondary N) is 1. The van der Waals surface area contributed by atoms with E-state index in [2.05, 4.69) is 31.2 Å². The standard InChI is InChI=1S/C21H30N6/c1-17-23-12-14-27(17)19-18(7-6-11-24-19)15-25-20(22-2)26-13-10-21(16-26)8-4-3-5-9-21/h6-7,11-12,14H,3-5,8-10,13,15-16H2,1-2H3,(H,22,25). The van der Waals surface area contributed by atoms with Crippen LogP contribution in [0.5, 0.6) is 0 Å². The van der Waals surface area contributed by atoms with Gasteiger partial charge >= 0.3 is 0 Å². The first-order valence-electron chi connectivity index (χ1n) is 10.1. The fourth-order valence-electron chi connectivity index (χ4n) is 4.72. The van der Waals surface area contributed by atoms with Crippen LogP contribution in [-0.4, -0.2) is 45.5 Å². The zero-order valence-corrected chi connectivity index (χ0v) is 16.5. The number of likely N-dealkylation sites (tertiary alicyclic amines) is 1.